The lowest BCUT2D eigenvalue weighted by atomic mass is 10.1. The third kappa shape index (κ3) is 2.33. The molecule has 0 amide bonds. The van der Waals surface area contributed by atoms with E-state index in [1.54, 1.807) is 12.1 Å². The third-order valence-electron chi connectivity index (χ3n) is 3.42. The van der Waals surface area contributed by atoms with Crippen LogP contribution in [0.4, 0.5) is 10.3 Å². The van der Waals surface area contributed by atoms with Crippen LogP contribution >= 0.6 is 0 Å². The molecule has 2 aromatic rings. The summed E-state index contributed by atoms with van der Waals surface area (Å²) < 4.78 is 13.8. The summed E-state index contributed by atoms with van der Waals surface area (Å²) in [5, 5.41) is 3.30. The zero-order chi connectivity index (χ0) is 13.2. The number of anilines is 1. The molecular weight excluding hydrogens is 243 g/mol. The van der Waals surface area contributed by atoms with Crippen LogP contribution in [-0.4, -0.2) is 36.1 Å². The molecule has 1 aliphatic heterocycles. The van der Waals surface area contributed by atoms with Crippen molar-refractivity contribution in [1.82, 2.24) is 15.3 Å². The fourth-order valence-electron chi connectivity index (χ4n) is 2.39. The highest BCUT2D eigenvalue weighted by atomic mass is 19.1. The smallest absolute Gasteiger partial charge is 0.203 e. The van der Waals surface area contributed by atoms with Gasteiger partial charge in [0, 0.05) is 37.4 Å². The van der Waals surface area contributed by atoms with Gasteiger partial charge >= 0.3 is 0 Å². The molecule has 0 spiro atoms. The van der Waals surface area contributed by atoms with E-state index in [0.29, 0.717) is 11.3 Å². The molecular formula is C14H17FN4. The Morgan fingerprint density at radius 1 is 1.21 bits per heavy atom. The monoisotopic (exact) mass is 260 g/mol. The largest absolute Gasteiger partial charge is 0.340 e. The van der Waals surface area contributed by atoms with E-state index in [1.807, 2.05) is 13.0 Å². The van der Waals surface area contributed by atoms with E-state index in [-0.39, 0.29) is 5.82 Å². The van der Waals surface area contributed by atoms with Gasteiger partial charge in [-0.2, -0.15) is 0 Å². The van der Waals surface area contributed by atoms with Crippen molar-refractivity contribution in [1.29, 1.82) is 0 Å². The molecule has 0 aliphatic carbocycles. The van der Waals surface area contributed by atoms with Crippen LogP contribution in [0.2, 0.25) is 0 Å². The number of halogens is 1. The first-order chi connectivity index (χ1) is 9.25. The van der Waals surface area contributed by atoms with E-state index in [1.165, 1.54) is 6.07 Å². The van der Waals surface area contributed by atoms with Crippen molar-refractivity contribution in [3.8, 4) is 11.3 Å². The molecule has 100 valence electrons. The summed E-state index contributed by atoms with van der Waals surface area (Å²) in [5.74, 6) is 0.598. The Labute approximate surface area is 111 Å². The molecule has 0 bridgehead atoms. The van der Waals surface area contributed by atoms with Gasteiger partial charge in [0.15, 0.2) is 0 Å². The molecule has 19 heavy (non-hydrogen) atoms. The molecule has 0 saturated carbocycles. The summed E-state index contributed by atoms with van der Waals surface area (Å²) in [6.45, 7) is 5.68. The fraction of sp³-hybridized carbons (Fsp3) is 0.357. The second-order valence-corrected chi connectivity index (χ2v) is 4.75. The van der Waals surface area contributed by atoms with Gasteiger partial charge in [0.2, 0.25) is 5.95 Å². The molecule has 1 aliphatic rings. The lowest BCUT2D eigenvalue weighted by molar-refractivity contribution is 0.581. The van der Waals surface area contributed by atoms with Crippen LogP contribution in [0.5, 0.6) is 0 Å². The van der Waals surface area contributed by atoms with E-state index >= 15 is 0 Å². The number of H-pyrrole nitrogens is 1. The van der Waals surface area contributed by atoms with E-state index in [0.717, 1.165) is 37.8 Å². The van der Waals surface area contributed by atoms with Crippen molar-refractivity contribution in [3.63, 3.8) is 0 Å². The molecule has 0 radical (unpaired) electrons. The highest BCUT2D eigenvalue weighted by Gasteiger charge is 2.17. The van der Waals surface area contributed by atoms with Crippen LogP contribution < -0.4 is 10.2 Å². The average Bonchev–Trinajstić information content (AvgIpc) is 2.82. The maximum atomic E-state index is 13.8. The molecule has 3 rings (SSSR count). The summed E-state index contributed by atoms with van der Waals surface area (Å²) in [6.07, 6.45) is 0. The molecule has 1 saturated heterocycles. The first-order valence-electron chi connectivity index (χ1n) is 6.53. The standard InChI is InChI=1S/C14H17FN4/c1-10-13(11-4-2-3-5-12(11)15)18-14(17-10)19-8-6-16-7-9-19/h2-5,16H,6-9H2,1H3,(H,17,18). The van der Waals surface area contributed by atoms with Crippen LogP contribution in [0.25, 0.3) is 11.3 Å². The molecule has 1 fully saturated rings. The highest BCUT2D eigenvalue weighted by Crippen LogP contribution is 2.26. The normalized spacial score (nSPS) is 15.8. The topological polar surface area (TPSA) is 44.0 Å². The Morgan fingerprint density at radius 3 is 2.68 bits per heavy atom. The number of aromatic amines is 1. The SMILES string of the molecule is Cc1[nH]c(N2CCNCC2)nc1-c1ccccc1F. The molecule has 1 aromatic carbocycles. The molecule has 4 nitrogen and oxygen atoms in total. The lowest BCUT2D eigenvalue weighted by Gasteiger charge is -2.26. The zero-order valence-electron chi connectivity index (χ0n) is 10.9. The number of rotatable bonds is 2. The third-order valence-corrected chi connectivity index (χ3v) is 3.42. The summed E-state index contributed by atoms with van der Waals surface area (Å²) >= 11 is 0. The van der Waals surface area contributed by atoms with Gasteiger partial charge in [-0.25, -0.2) is 9.37 Å². The number of hydrogen-bond donors (Lipinski definition) is 2. The van der Waals surface area contributed by atoms with Crippen LogP contribution in [0.3, 0.4) is 0 Å². The molecule has 0 unspecified atom stereocenters. The Morgan fingerprint density at radius 2 is 1.95 bits per heavy atom. The predicted octanol–water partition coefficient (Wildman–Crippen LogP) is 1.93. The van der Waals surface area contributed by atoms with Crippen LogP contribution in [0.1, 0.15) is 5.69 Å². The Balaban J connectivity index is 1.95. The zero-order valence-corrected chi connectivity index (χ0v) is 10.9. The number of piperazine rings is 1. The summed E-state index contributed by atoms with van der Waals surface area (Å²) in [6, 6.07) is 6.75. The Hall–Kier alpha value is -1.88. The number of hydrogen-bond acceptors (Lipinski definition) is 3. The summed E-state index contributed by atoms with van der Waals surface area (Å²) in [5.41, 5.74) is 2.16. The van der Waals surface area contributed by atoms with Crippen molar-refractivity contribution < 1.29 is 4.39 Å². The van der Waals surface area contributed by atoms with Gasteiger partial charge in [-0.1, -0.05) is 12.1 Å². The maximum absolute atomic E-state index is 13.8. The van der Waals surface area contributed by atoms with Gasteiger partial charge in [-0.3, -0.25) is 0 Å². The Bertz CT molecular complexity index is 573. The Kier molecular flexibility index (Phi) is 3.21. The minimum Gasteiger partial charge on any atom is -0.340 e. The number of nitrogens with one attached hydrogen (secondary N) is 2. The van der Waals surface area contributed by atoms with Gasteiger partial charge < -0.3 is 15.2 Å². The van der Waals surface area contributed by atoms with Gasteiger partial charge in [0.1, 0.15) is 5.82 Å². The number of benzene rings is 1. The minimum atomic E-state index is -0.232. The number of nitrogens with zero attached hydrogens (tertiary/aromatic N) is 2. The van der Waals surface area contributed by atoms with E-state index < -0.39 is 0 Å². The van der Waals surface area contributed by atoms with E-state index in [9.17, 15) is 4.39 Å². The molecule has 0 atom stereocenters. The molecule has 2 heterocycles. The van der Waals surface area contributed by atoms with Crippen molar-refractivity contribution in [2.75, 3.05) is 31.1 Å². The number of aromatic nitrogens is 2. The number of imidazole rings is 1. The molecule has 1 aromatic heterocycles. The first-order valence-corrected chi connectivity index (χ1v) is 6.53. The van der Waals surface area contributed by atoms with Crippen molar-refractivity contribution in [2.24, 2.45) is 0 Å². The van der Waals surface area contributed by atoms with Crippen molar-refractivity contribution in [2.45, 2.75) is 6.92 Å². The number of aryl methyl sites for hydroxylation is 1. The maximum Gasteiger partial charge on any atom is 0.203 e. The molecule has 2 N–H and O–H groups in total. The van der Waals surface area contributed by atoms with Crippen LogP contribution in [0.15, 0.2) is 24.3 Å². The second kappa shape index (κ2) is 5.01. The van der Waals surface area contributed by atoms with E-state index in [2.05, 4.69) is 20.2 Å². The van der Waals surface area contributed by atoms with Gasteiger partial charge in [0.05, 0.1) is 5.69 Å². The average molecular weight is 260 g/mol. The quantitative estimate of drug-likeness (QED) is 0.867. The van der Waals surface area contributed by atoms with Crippen molar-refractivity contribution in [3.05, 3.63) is 35.8 Å². The fourth-order valence-corrected chi connectivity index (χ4v) is 2.39. The van der Waals surface area contributed by atoms with Gasteiger partial charge in [-0.15, -0.1) is 0 Å². The summed E-state index contributed by atoms with van der Waals surface area (Å²) in [4.78, 5) is 10.0. The minimum absolute atomic E-state index is 0.232. The van der Waals surface area contributed by atoms with Crippen molar-refractivity contribution >= 4 is 5.95 Å². The van der Waals surface area contributed by atoms with E-state index in [4.69, 9.17) is 0 Å². The van der Waals surface area contributed by atoms with Gasteiger partial charge in [-0.05, 0) is 19.1 Å². The van der Waals surface area contributed by atoms with Gasteiger partial charge in [0.25, 0.3) is 0 Å². The molecule has 5 heteroatoms. The van der Waals surface area contributed by atoms with Crippen LogP contribution in [-0.2, 0) is 0 Å². The second-order valence-electron chi connectivity index (χ2n) is 4.75. The lowest BCUT2D eigenvalue weighted by Crippen LogP contribution is -2.44. The summed E-state index contributed by atoms with van der Waals surface area (Å²) in [7, 11) is 0. The van der Waals surface area contributed by atoms with Crippen LogP contribution in [0, 0.1) is 12.7 Å². The predicted molar refractivity (Wildman–Crippen MR) is 73.8 cm³/mol. The first kappa shape index (κ1) is 12.2. The highest BCUT2D eigenvalue weighted by molar-refractivity contribution is 5.64.